The zero-order chi connectivity index (χ0) is 24.0. The van der Waals surface area contributed by atoms with E-state index in [0.29, 0.717) is 45.7 Å². The van der Waals surface area contributed by atoms with Crippen LogP contribution in [0.3, 0.4) is 0 Å². The minimum absolute atomic E-state index is 0.0358. The molecule has 7 nitrogen and oxygen atoms in total. The van der Waals surface area contributed by atoms with E-state index in [9.17, 15) is 9.59 Å². The highest BCUT2D eigenvalue weighted by Crippen LogP contribution is 2.36. The molecule has 0 spiro atoms. The SMILES string of the molecule is COc1ccc(C(CNC(=O)C2(c3ccccc3)CCN(C(C)=O)CC2)N2CCOCC2)cc1. The number of rotatable bonds is 7. The van der Waals surface area contributed by atoms with Gasteiger partial charge in [-0.25, -0.2) is 0 Å². The molecule has 2 aliphatic heterocycles. The first kappa shape index (κ1) is 24.2. The lowest BCUT2D eigenvalue weighted by Gasteiger charge is -2.41. The molecular formula is C27H35N3O4. The van der Waals surface area contributed by atoms with Crippen molar-refractivity contribution < 1.29 is 19.1 Å². The van der Waals surface area contributed by atoms with E-state index in [-0.39, 0.29) is 17.9 Å². The summed E-state index contributed by atoms with van der Waals surface area (Å²) >= 11 is 0. The molecule has 2 fully saturated rings. The first-order valence-corrected chi connectivity index (χ1v) is 12.1. The molecular weight excluding hydrogens is 430 g/mol. The van der Waals surface area contributed by atoms with Crippen LogP contribution in [0.2, 0.25) is 0 Å². The number of carbonyl (C=O) groups is 2. The Balaban J connectivity index is 1.54. The number of hydrogen-bond acceptors (Lipinski definition) is 5. The smallest absolute Gasteiger partial charge is 0.230 e. The highest BCUT2D eigenvalue weighted by Gasteiger charge is 2.43. The summed E-state index contributed by atoms with van der Waals surface area (Å²) in [7, 11) is 1.66. The fourth-order valence-electron chi connectivity index (χ4n) is 5.14. The standard InChI is InChI=1S/C27H35N3O4/c1-21(31)29-14-12-27(13-15-29,23-6-4-3-5-7-23)26(32)28-20-25(30-16-18-34-19-17-30)22-8-10-24(33-2)11-9-22/h3-11,25H,12-20H2,1-2H3,(H,28,32). The van der Waals surface area contributed by atoms with Crippen LogP contribution in [-0.2, 0) is 19.7 Å². The Labute approximate surface area is 202 Å². The largest absolute Gasteiger partial charge is 0.497 e. The molecule has 2 aliphatic rings. The molecule has 34 heavy (non-hydrogen) atoms. The Morgan fingerprint density at radius 3 is 2.24 bits per heavy atom. The lowest BCUT2D eigenvalue weighted by molar-refractivity contribution is -0.135. The van der Waals surface area contributed by atoms with Crippen LogP contribution < -0.4 is 10.1 Å². The summed E-state index contributed by atoms with van der Waals surface area (Å²) in [5.74, 6) is 0.913. The van der Waals surface area contributed by atoms with Crippen LogP contribution in [0.1, 0.15) is 36.9 Å². The van der Waals surface area contributed by atoms with Crippen molar-refractivity contribution in [1.29, 1.82) is 0 Å². The van der Waals surface area contributed by atoms with Gasteiger partial charge in [0.1, 0.15) is 5.75 Å². The van der Waals surface area contributed by atoms with E-state index >= 15 is 0 Å². The molecule has 2 aromatic rings. The van der Waals surface area contributed by atoms with Gasteiger partial charge in [0.2, 0.25) is 11.8 Å². The molecule has 2 aromatic carbocycles. The summed E-state index contributed by atoms with van der Waals surface area (Å²) in [5, 5.41) is 3.30. The van der Waals surface area contributed by atoms with Gasteiger partial charge in [-0.15, -0.1) is 0 Å². The number of nitrogens with one attached hydrogen (secondary N) is 1. The van der Waals surface area contributed by atoms with Crippen molar-refractivity contribution in [3.63, 3.8) is 0 Å². The number of hydrogen-bond donors (Lipinski definition) is 1. The Morgan fingerprint density at radius 2 is 1.65 bits per heavy atom. The molecule has 0 saturated carbocycles. The molecule has 1 unspecified atom stereocenters. The van der Waals surface area contributed by atoms with E-state index in [2.05, 4.69) is 22.3 Å². The number of likely N-dealkylation sites (tertiary alicyclic amines) is 1. The molecule has 0 radical (unpaired) electrons. The van der Waals surface area contributed by atoms with Gasteiger partial charge < -0.3 is 19.7 Å². The van der Waals surface area contributed by atoms with Gasteiger partial charge in [-0.2, -0.15) is 0 Å². The van der Waals surface area contributed by atoms with Crippen LogP contribution in [0, 0.1) is 0 Å². The maximum atomic E-state index is 13.8. The first-order valence-electron chi connectivity index (χ1n) is 12.1. The Kier molecular flexibility index (Phi) is 7.85. The van der Waals surface area contributed by atoms with E-state index in [0.717, 1.165) is 30.0 Å². The predicted molar refractivity (Wildman–Crippen MR) is 131 cm³/mol. The molecule has 182 valence electrons. The quantitative estimate of drug-likeness (QED) is 0.681. The highest BCUT2D eigenvalue weighted by atomic mass is 16.5. The Bertz CT molecular complexity index is 950. The molecule has 7 heteroatoms. The third-order valence-corrected chi connectivity index (χ3v) is 7.27. The number of methoxy groups -OCH3 is 1. The second kappa shape index (κ2) is 11.0. The van der Waals surface area contributed by atoms with Crippen LogP contribution in [0.4, 0.5) is 0 Å². The van der Waals surface area contributed by atoms with Gasteiger partial charge in [-0.1, -0.05) is 42.5 Å². The maximum Gasteiger partial charge on any atom is 0.230 e. The lowest BCUT2D eigenvalue weighted by Crippen LogP contribution is -2.54. The fraction of sp³-hybridized carbons (Fsp3) is 0.481. The lowest BCUT2D eigenvalue weighted by atomic mass is 9.72. The summed E-state index contributed by atoms with van der Waals surface area (Å²) in [5.41, 5.74) is 1.52. The van der Waals surface area contributed by atoms with Gasteiger partial charge in [-0.3, -0.25) is 14.5 Å². The van der Waals surface area contributed by atoms with Crippen molar-refractivity contribution in [3.05, 3.63) is 65.7 Å². The summed E-state index contributed by atoms with van der Waals surface area (Å²) in [6, 6.07) is 18.1. The normalized spacial score (nSPS) is 19.3. The zero-order valence-corrected chi connectivity index (χ0v) is 20.2. The highest BCUT2D eigenvalue weighted by molar-refractivity contribution is 5.89. The van der Waals surface area contributed by atoms with Crippen molar-refractivity contribution in [2.45, 2.75) is 31.2 Å². The van der Waals surface area contributed by atoms with E-state index in [1.54, 1.807) is 14.0 Å². The molecule has 1 atom stereocenters. The van der Waals surface area contributed by atoms with E-state index < -0.39 is 5.41 Å². The van der Waals surface area contributed by atoms with Gasteiger partial charge in [0.05, 0.1) is 31.8 Å². The third-order valence-electron chi connectivity index (χ3n) is 7.27. The molecule has 0 aliphatic carbocycles. The zero-order valence-electron chi connectivity index (χ0n) is 20.2. The fourth-order valence-corrected chi connectivity index (χ4v) is 5.14. The number of benzene rings is 2. The number of piperidine rings is 1. The van der Waals surface area contributed by atoms with Crippen LogP contribution in [0.15, 0.2) is 54.6 Å². The van der Waals surface area contributed by atoms with Gasteiger partial charge in [-0.05, 0) is 36.1 Å². The van der Waals surface area contributed by atoms with Crippen LogP contribution >= 0.6 is 0 Å². The predicted octanol–water partition coefficient (Wildman–Crippen LogP) is 2.77. The van der Waals surface area contributed by atoms with Gasteiger partial charge >= 0.3 is 0 Å². The molecule has 0 aromatic heterocycles. The maximum absolute atomic E-state index is 13.8. The minimum Gasteiger partial charge on any atom is -0.497 e. The second-order valence-corrected chi connectivity index (χ2v) is 9.10. The number of nitrogens with zero attached hydrogens (tertiary/aromatic N) is 2. The van der Waals surface area contributed by atoms with Gasteiger partial charge in [0.15, 0.2) is 0 Å². The summed E-state index contributed by atoms with van der Waals surface area (Å²) in [6.07, 6.45) is 1.24. The van der Waals surface area contributed by atoms with Gasteiger partial charge in [0.25, 0.3) is 0 Å². The van der Waals surface area contributed by atoms with Crippen molar-refractivity contribution in [2.75, 3.05) is 53.0 Å². The van der Waals surface area contributed by atoms with Crippen LogP contribution in [-0.4, -0.2) is 74.7 Å². The molecule has 0 bridgehead atoms. The van der Waals surface area contributed by atoms with E-state index in [1.807, 2.05) is 47.4 Å². The Morgan fingerprint density at radius 1 is 1.00 bits per heavy atom. The second-order valence-electron chi connectivity index (χ2n) is 9.10. The number of carbonyl (C=O) groups excluding carboxylic acids is 2. The van der Waals surface area contributed by atoms with Gasteiger partial charge in [0, 0.05) is 39.6 Å². The minimum atomic E-state index is -0.636. The monoisotopic (exact) mass is 465 g/mol. The topological polar surface area (TPSA) is 71.1 Å². The van der Waals surface area contributed by atoms with Crippen LogP contribution in [0.5, 0.6) is 5.75 Å². The first-order chi connectivity index (χ1) is 16.5. The number of morpholine rings is 1. The molecule has 2 amide bonds. The van der Waals surface area contributed by atoms with E-state index in [4.69, 9.17) is 9.47 Å². The van der Waals surface area contributed by atoms with Crippen LogP contribution in [0.25, 0.3) is 0 Å². The summed E-state index contributed by atoms with van der Waals surface area (Å²) in [6.45, 7) is 6.30. The van der Waals surface area contributed by atoms with Crippen molar-refractivity contribution in [3.8, 4) is 5.75 Å². The average Bonchev–Trinajstić information content (AvgIpc) is 2.90. The van der Waals surface area contributed by atoms with E-state index in [1.165, 1.54) is 0 Å². The van der Waals surface area contributed by atoms with Crippen molar-refractivity contribution in [1.82, 2.24) is 15.1 Å². The number of ether oxygens (including phenoxy) is 2. The summed E-state index contributed by atoms with van der Waals surface area (Å²) in [4.78, 5) is 30.0. The molecule has 1 N–H and O–H groups in total. The number of amides is 2. The molecule has 2 saturated heterocycles. The Hall–Kier alpha value is -2.90. The molecule has 4 rings (SSSR count). The molecule has 2 heterocycles. The van der Waals surface area contributed by atoms with Crippen molar-refractivity contribution >= 4 is 11.8 Å². The third kappa shape index (κ3) is 5.26. The average molecular weight is 466 g/mol. The summed E-state index contributed by atoms with van der Waals surface area (Å²) < 4.78 is 10.9. The van der Waals surface area contributed by atoms with Crippen molar-refractivity contribution in [2.24, 2.45) is 0 Å².